The van der Waals surface area contributed by atoms with Crippen LogP contribution in [0.5, 0.6) is 0 Å². The summed E-state index contributed by atoms with van der Waals surface area (Å²) in [7, 11) is 0. The van der Waals surface area contributed by atoms with E-state index in [2.05, 4.69) is 16.9 Å². The molecule has 1 aliphatic heterocycles. The Kier molecular flexibility index (Phi) is 5.05. The van der Waals surface area contributed by atoms with E-state index in [0.717, 1.165) is 31.5 Å². The monoisotopic (exact) mass is 298 g/mol. The zero-order valence-corrected chi connectivity index (χ0v) is 12.9. The van der Waals surface area contributed by atoms with Crippen LogP contribution in [0.3, 0.4) is 0 Å². The van der Waals surface area contributed by atoms with Crippen LogP contribution in [0.2, 0.25) is 5.02 Å². The Hall–Kier alpha value is -1.07. The molecule has 2 heterocycles. The number of halogens is 1. The van der Waals surface area contributed by atoms with E-state index in [1.54, 1.807) is 6.20 Å². The minimum atomic E-state index is -0.208. The largest absolute Gasteiger partial charge is 0.364 e. The fraction of sp³-hybridized carbons (Fsp3) is 0.714. The zero-order chi connectivity index (χ0) is 14.7. The maximum atomic E-state index is 12.2. The minimum absolute atomic E-state index is 0.208. The number of aryl methyl sites for hydroxylation is 1. The van der Waals surface area contributed by atoms with Gasteiger partial charge in [0.15, 0.2) is 0 Å². The number of rotatable bonds is 4. The molecule has 0 radical (unpaired) electrons. The van der Waals surface area contributed by atoms with E-state index in [4.69, 9.17) is 17.3 Å². The van der Waals surface area contributed by atoms with E-state index >= 15 is 0 Å². The summed E-state index contributed by atoms with van der Waals surface area (Å²) in [6.45, 7) is 6.24. The summed E-state index contributed by atoms with van der Waals surface area (Å²) in [4.78, 5) is 14.4. The van der Waals surface area contributed by atoms with Gasteiger partial charge in [0.25, 0.3) is 5.56 Å². The van der Waals surface area contributed by atoms with Gasteiger partial charge in [0.2, 0.25) is 0 Å². The lowest BCUT2D eigenvalue weighted by atomic mass is 9.90. The summed E-state index contributed by atoms with van der Waals surface area (Å²) in [6.07, 6.45) is 4.82. The predicted molar refractivity (Wildman–Crippen MR) is 82.4 cm³/mol. The van der Waals surface area contributed by atoms with E-state index in [-0.39, 0.29) is 16.6 Å². The number of aromatic nitrogens is 2. The Morgan fingerprint density at radius 3 is 2.95 bits per heavy atom. The highest BCUT2D eigenvalue weighted by atomic mass is 35.5. The van der Waals surface area contributed by atoms with Crippen LogP contribution in [0.1, 0.15) is 33.1 Å². The lowest BCUT2D eigenvalue weighted by Crippen LogP contribution is -2.49. The van der Waals surface area contributed by atoms with Crippen LogP contribution in [0, 0.1) is 5.92 Å². The van der Waals surface area contributed by atoms with E-state index in [0.29, 0.717) is 19.0 Å². The van der Waals surface area contributed by atoms with Gasteiger partial charge in [0.1, 0.15) is 5.02 Å². The molecular weight excluding hydrogens is 276 g/mol. The molecule has 1 fully saturated rings. The second kappa shape index (κ2) is 6.59. The third kappa shape index (κ3) is 2.83. The van der Waals surface area contributed by atoms with Gasteiger partial charge in [-0.1, -0.05) is 25.4 Å². The van der Waals surface area contributed by atoms with Crippen LogP contribution >= 0.6 is 11.6 Å². The number of nitrogens with two attached hydrogens (primary N) is 1. The Morgan fingerprint density at radius 1 is 1.55 bits per heavy atom. The van der Waals surface area contributed by atoms with Crippen molar-refractivity contribution in [1.29, 1.82) is 0 Å². The van der Waals surface area contributed by atoms with Gasteiger partial charge >= 0.3 is 0 Å². The number of hydrogen-bond donors (Lipinski definition) is 1. The first-order chi connectivity index (χ1) is 9.60. The molecule has 0 amide bonds. The highest BCUT2D eigenvalue weighted by Crippen LogP contribution is 2.30. The maximum Gasteiger partial charge on any atom is 0.287 e. The van der Waals surface area contributed by atoms with Gasteiger partial charge in [-0.15, -0.1) is 0 Å². The summed E-state index contributed by atoms with van der Waals surface area (Å²) in [5, 5.41) is 4.50. The molecule has 0 saturated carbocycles. The van der Waals surface area contributed by atoms with Gasteiger partial charge in [-0.25, -0.2) is 4.68 Å². The van der Waals surface area contributed by atoms with Crippen molar-refractivity contribution < 1.29 is 0 Å². The second-order valence-corrected chi connectivity index (χ2v) is 5.87. The van der Waals surface area contributed by atoms with Crippen molar-refractivity contribution in [1.82, 2.24) is 9.78 Å². The molecular formula is C14H23ClN4O. The van der Waals surface area contributed by atoms with Crippen molar-refractivity contribution >= 4 is 17.3 Å². The summed E-state index contributed by atoms with van der Waals surface area (Å²) in [5.74, 6) is 0.503. The van der Waals surface area contributed by atoms with Crippen LogP contribution in [0.25, 0.3) is 0 Å². The maximum absolute atomic E-state index is 12.2. The number of nitrogens with zero attached hydrogens (tertiary/aromatic N) is 3. The van der Waals surface area contributed by atoms with Gasteiger partial charge in [-0.2, -0.15) is 5.10 Å². The molecule has 0 aliphatic carbocycles. The van der Waals surface area contributed by atoms with Crippen molar-refractivity contribution in [2.45, 2.75) is 45.7 Å². The lowest BCUT2D eigenvalue weighted by molar-refractivity contribution is 0.349. The first-order valence-electron chi connectivity index (χ1n) is 7.32. The molecule has 2 unspecified atom stereocenters. The molecule has 112 valence electrons. The minimum Gasteiger partial charge on any atom is -0.364 e. The number of hydrogen-bond acceptors (Lipinski definition) is 4. The molecule has 0 bridgehead atoms. The number of piperidine rings is 1. The van der Waals surface area contributed by atoms with Crippen LogP contribution in [0.15, 0.2) is 11.0 Å². The molecule has 0 aromatic carbocycles. The quantitative estimate of drug-likeness (QED) is 0.922. The highest BCUT2D eigenvalue weighted by molar-refractivity contribution is 6.33. The summed E-state index contributed by atoms with van der Waals surface area (Å²) < 4.78 is 1.43. The Bertz CT molecular complexity index is 516. The highest BCUT2D eigenvalue weighted by Gasteiger charge is 2.29. The first-order valence-corrected chi connectivity index (χ1v) is 7.70. The second-order valence-electron chi connectivity index (χ2n) is 5.49. The molecule has 2 N–H and O–H groups in total. The third-order valence-electron chi connectivity index (χ3n) is 4.07. The molecule has 20 heavy (non-hydrogen) atoms. The lowest BCUT2D eigenvalue weighted by Gasteiger charge is -2.41. The van der Waals surface area contributed by atoms with Crippen molar-refractivity contribution in [3.8, 4) is 0 Å². The smallest absolute Gasteiger partial charge is 0.287 e. The molecule has 0 spiro atoms. The number of anilines is 1. The van der Waals surface area contributed by atoms with E-state index in [1.807, 2.05) is 6.92 Å². The van der Waals surface area contributed by atoms with Crippen LogP contribution < -0.4 is 16.2 Å². The van der Waals surface area contributed by atoms with Gasteiger partial charge in [0.05, 0.1) is 11.9 Å². The SMILES string of the molecule is CCCn1ncc(N2CCCC(C)C2CN)c(Cl)c1=O. The molecule has 1 aromatic heterocycles. The Labute approximate surface area is 124 Å². The first kappa shape index (κ1) is 15.3. The molecule has 1 aromatic rings. The summed E-state index contributed by atoms with van der Waals surface area (Å²) in [6, 6.07) is 0.226. The van der Waals surface area contributed by atoms with Crippen LogP contribution in [-0.4, -0.2) is 28.9 Å². The standard InChI is InChI=1S/C14H23ClN4O/c1-3-6-19-14(20)13(15)12(9-17-19)18-7-4-5-10(2)11(18)8-16/h9-11H,3-8,16H2,1-2H3. The van der Waals surface area contributed by atoms with E-state index in [9.17, 15) is 4.79 Å². The van der Waals surface area contributed by atoms with Crippen LogP contribution in [-0.2, 0) is 6.54 Å². The van der Waals surface area contributed by atoms with Crippen LogP contribution in [0.4, 0.5) is 5.69 Å². The van der Waals surface area contributed by atoms with E-state index in [1.165, 1.54) is 4.68 Å². The summed E-state index contributed by atoms with van der Waals surface area (Å²) in [5.41, 5.74) is 6.42. The van der Waals surface area contributed by atoms with Gasteiger partial charge < -0.3 is 10.6 Å². The summed E-state index contributed by atoms with van der Waals surface area (Å²) >= 11 is 6.28. The molecule has 2 atom stereocenters. The van der Waals surface area contributed by atoms with Crippen molar-refractivity contribution in [2.24, 2.45) is 11.7 Å². The van der Waals surface area contributed by atoms with Gasteiger partial charge in [-0.05, 0) is 25.2 Å². The molecule has 6 heteroatoms. The van der Waals surface area contributed by atoms with Gasteiger partial charge in [0, 0.05) is 25.7 Å². The normalized spacial score (nSPS) is 23.1. The average Bonchev–Trinajstić information content (AvgIpc) is 2.44. The fourth-order valence-electron chi connectivity index (χ4n) is 2.94. The third-order valence-corrected chi connectivity index (χ3v) is 4.42. The van der Waals surface area contributed by atoms with Crippen molar-refractivity contribution in [2.75, 3.05) is 18.0 Å². The molecule has 5 nitrogen and oxygen atoms in total. The zero-order valence-electron chi connectivity index (χ0n) is 12.2. The fourth-order valence-corrected chi connectivity index (χ4v) is 3.19. The molecule has 2 rings (SSSR count). The predicted octanol–water partition coefficient (Wildman–Crippen LogP) is 1.87. The van der Waals surface area contributed by atoms with Gasteiger partial charge in [-0.3, -0.25) is 4.79 Å². The molecule has 1 saturated heterocycles. The molecule has 1 aliphatic rings. The Morgan fingerprint density at radius 2 is 2.30 bits per heavy atom. The van der Waals surface area contributed by atoms with Crippen molar-refractivity contribution in [3.63, 3.8) is 0 Å². The average molecular weight is 299 g/mol. The van der Waals surface area contributed by atoms with Crippen molar-refractivity contribution in [3.05, 3.63) is 21.6 Å². The topological polar surface area (TPSA) is 64.2 Å². The Balaban J connectivity index is 2.37. The van der Waals surface area contributed by atoms with E-state index < -0.39 is 0 Å².